The van der Waals surface area contributed by atoms with Gasteiger partial charge < -0.3 is 20.7 Å². The first kappa shape index (κ1) is 23.4. The maximum atomic E-state index is 11.8. The van der Waals surface area contributed by atoms with Gasteiger partial charge in [0, 0.05) is 31.4 Å². The van der Waals surface area contributed by atoms with E-state index in [-0.39, 0.29) is 48.1 Å². The number of aliphatic imine (C=N–C) groups is 1. The lowest BCUT2D eigenvalue weighted by Gasteiger charge is -2.21. The Hall–Kier alpha value is -1.58. The number of hydrogen-bond donors (Lipinski definition) is 3. The number of rotatable bonds is 6. The average molecular weight is 463 g/mol. The Bertz CT molecular complexity index is 553. The van der Waals surface area contributed by atoms with Crippen molar-refractivity contribution in [2.75, 3.05) is 13.6 Å². The molecule has 0 aromatic carbocycles. The highest BCUT2D eigenvalue weighted by atomic mass is 127. The summed E-state index contributed by atoms with van der Waals surface area (Å²) in [5.74, 6) is 1.08. The zero-order valence-electron chi connectivity index (χ0n) is 15.8. The Morgan fingerprint density at radius 3 is 2.44 bits per heavy atom. The Labute approximate surface area is 167 Å². The van der Waals surface area contributed by atoms with E-state index in [9.17, 15) is 4.79 Å². The molecule has 8 heteroatoms. The first-order valence-corrected chi connectivity index (χ1v) is 8.06. The van der Waals surface area contributed by atoms with Gasteiger partial charge in [-0.15, -0.1) is 24.0 Å². The van der Waals surface area contributed by atoms with Crippen molar-refractivity contribution in [3.8, 4) is 5.88 Å². The zero-order chi connectivity index (χ0) is 18.2. The van der Waals surface area contributed by atoms with Crippen LogP contribution >= 0.6 is 24.0 Å². The van der Waals surface area contributed by atoms with Crippen molar-refractivity contribution in [2.45, 2.75) is 52.8 Å². The van der Waals surface area contributed by atoms with Crippen molar-refractivity contribution in [1.82, 2.24) is 20.9 Å². The molecule has 1 rings (SSSR count). The van der Waals surface area contributed by atoms with E-state index in [4.69, 9.17) is 4.74 Å². The van der Waals surface area contributed by atoms with Crippen molar-refractivity contribution in [2.24, 2.45) is 4.99 Å². The minimum absolute atomic E-state index is 0. The summed E-state index contributed by atoms with van der Waals surface area (Å²) in [4.78, 5) is 20.1. The lowest BCUT2D eigenvalue weighted by atomic mass is 10.1. The molecule has 0 fully saturated rings. The van der Waals surface area contributed by atoms with Crippen LogP contribution in [-0.4, -0.2) is 42.1 Å². The van der Waals surface area contributed by atoms with Crippen LogP contribution in [0.1, 0.15) is 40.2 Å². The predicted octanol–water partition coefficient (Wildman–Crippen LogP) is 2.07. The largest absolute Gasteiger partial charge is 0.475 e. The van der Waals surface area contributed by atoms with E-state index in [0.29, 0.717) is 18.4 Å². The van der Waals surface area contributed by atoms with Gasteiger partial charge in [0.15, 0.2) is 5.96 Å². The monoisotopic (exact) mass is 463 g/mol. The molecule has 1 aromatic heterocycles. The maximum absolute atomic E-state index is 11.8. The lowest BCUT2D eigenvalue weighted by Crippen LogP contribution is -2.48. The highest BCUT2D eigenvalue weighted by molar-refractivity contribution is 14.0. The quantitative estimate of drug-likeness (QED) is 0.342. The second kappa shape index (κ2) is 11.1. The van der Waals surface area contributed by atoms with E-state index in [2.05, 4.69) is 25.9 Å². The molecule has 7 nitrogen and oxygen atoms in total. The van der Waals surface area contributed by atoms with Gasteiger partial charge in [0.25, 0.3) is 0 Å². The van der Waals surface area contributed by atoms with Gasteiger partial charge in [-0.25, -0.2) is 4.98 Å². The van der Waals surface area contributed by atoms with E-state index >= 15 is 0 Å². The molecule has 0 spiro atoms. The summed E-state index contributed by atoms with van der Waals surface area (Å²) < 4.78 is 5.51. The average Bonchev–Trinajstić information content (AvgIpc) is 2.46. The number of carbonyl (C=O) groups excluding carboxylic acids is 1. The molecule has 1 amide bonds. The number of carbonyl (C=O) groups is 1. The number of halogens is 1. The second-order valence-corrected chi connectivity index (χ2v) is 6.75. The summed E-state index contributed by atoms with van der Waals surface area (Å²) in [6.45, 7) is 10.5. The van der Waals surface area contributed by atoms with Crippen molar-refractivity contribution in [1.29, 1.82) is 0 Å². The molecule has 1 heterocycles. The zero-order valence-corrected chi connectivity index (χ0v) is 18.2. The lowest BCUT2D eigenvalue weighted by molar-refractivity contribution is -0.121. The highest BCUT2D eigenvalue weighted by Crippen LogP contribution is 2.09. The number of amides is 1. The van der Waals surface area contributed by atoms with Gasteiger partial charge in [0.2, 0.25) is 11.8 Å². The molecule has 3 N–H and O–H groups in total. The number of aromatic nitrogens is 1. The number of ether oxygens (including phenoxy) is 1. The second-order valence-electron chi connectivity index (χ2n) is 6.75. The van der Waals surface area contributed by atoms with Crippen LogP contribution in [0, 0.1) is 0 Å². The van der Waals surface area contributed by atoms with E-state index < -0.39 is 0 Å². The molecular formula is C17H30IN5O2. The minimum atomic E-state index is -0.249. The third-order valence-corrected chi connectivity index (χ3v) is 2.77. The van der Waals surface area contributed by atoms with Crippen LogP contribution in [0.3, 0.4) is 0 Å². The molecule has 0 aliphatic heterocycles. The summed E-state index contributed by atoms with van der Waals surface area (Å²) in [7, 11) is 1.66. The van der Waals surface area contributed by atoms with E-state index in [1.807, 2.05) is 46.8 Å². The smallest absolute Gasteiger partial charge is 0.239 e. The van der Waals surface area contributed by atoms with Gasteiger partial charge >= 0.3 is 0 Å². The number of nitrogens with zero attached hydrogens (tertiary/aromatic N) is 2. The topological polar surface area (TPSA) is 87.6 Å². The van der Waals surface area contributed by atoms with Crippen LogP contribution < -0.4 is 20.7 Å². The van der Waals surface area contributed by atoms with Gasteiger partial charge in [-0.1, -0.05) is 6.07 Å². The van der Waals surface area contributed by atoms with Crippen molar-refractivity contribution in [3.05, 3.63) is 23.9 Å². The number of hydrogen-bond acceptors (Lipinski definition) is 4. The fraction of sp³-hybridized carbons (Fsp3) is 0.588. The van der Waals surface area contributed by atoms with Crippen LogP contribution in [0.4, 0.5) is 0 Å². The SMILES string of the molecule is CN=C(NCC(=O)NC(C)(C)C)NCc1ccc(OC(C)C)nc1.I. The Morgan fingerprint density at radius 1 is 1.28 bits per heavy atom. The van der Waals surface area contributed by atoms with Crippen molar-refractivity contribution < 1.29 is 9.53 Å². The predicted molar refractivity (Wildman–Crippen MR) is 112 cm³/mol. The molecule has 142 valence electrons. The normalized spacial score (nSPS) is 11.6. The first-order chi connectivity index (χ1) is 11.2. The highest BCUT2D eigenvalue weighted by Gasteiger charge is 2.13. The Morgan fingerprint density at radius 2 is 1.96 bits per heavy atom. The Balaban J connectivity index is 0.00000576. The molecule has 0 radical (unpaired) electrons. The van der Waals surface area contributed by atoms with Crippen molar-refractivity contribution >= 4 is 35.8 Å². The summed E-state index contributed by atoms with van der Waals surface area (Å²) >= 11 is 0. The molecular weight excluding hydrogens is 433 g/mol. The summed E-state index contributed by atoms with van der Waals surface area (Å²) in [5, 5.41) is 9.01. The van der Waals surface area contributed by atoms with E-state index in [1.54, 1.807) is 13.2 Å². The molecule has 0 aliphatic carbocycles. The maximum Gasteiger partial charge on any atom is 0.239 e. The van der Waals surface area contributed by atoms with Crippen molar-refractivity contribution in [3.63, 3.8) is 0 Å². The van der Waals surface area contributed by atoms with E-state index in [1.165, 1.54) is 0 Å². The fourth-order valence-corrected chi connectivity index (χ4v) is 1.86. The van der Waals surface area contributed by atoms with Gasteiger partial charge in [0.1, 0.15) is 0 Å². The van der Waals surface area contributed by atoms with Crippen LogP contribution in [-0.2, 0) is 11.3 Å². The number of guanidine groups is 1. The van der Waals surface area contributed by atoms with Gasteiger partial charge in [0.05, 0.1) is 12.6 Å². The number of pyridine rings is 1. The minimum Gasteiger partial charge on any atom is -0.475 e. The Kier molecular flexibility index (Phi) is 10.4. The summed E-state index contributed by atoms with van der Waals surface area (Å²) in [6, 6.07) is 3.78. The third-order valence-electron chi connectivity index (χ3n) is 2.77. The summed E-state index contributed by atoms with van der Waals surface area (Å²) in [6.07, 6.45) is 1.85. The van der Waals surface area contributed by atoms with Gasteiger partial charge in [-0.2, -0.15) is 0 Å². The summed E-state index contributed by atoms with van der Waals surface area (Å²) in [5.41, 5.74) is 0.745. The van der Waals surface area contributed by atoms with Crippen LogP contribution in [0.5, 0.6) is 5.88 Å². The molecule has 0 atom stereocenters. The van der Waals surface area contributed by atoms with E-state index in [0.717, 1.165) is 5.56 Å². The first-order valence-electron chi connectivity index (χ1n) is 8.06. The standard InChI is InChI=1S/C17H29N5O2.HI/c1-12(2)24-15-8-7-13(9-19-15)10-20-16(18-6)21-11-14(23)22-17(3,4)5;/h7-9,12H,10-11H2,1-6H3,(H,22,23)(H2,18,20,21);1H. The van der Waals surface area contributed by atoms with Crippen LogP contribution in [0.25, 0.3) is 0 Å². The molecule has 0 saturated carbocycles. The molecule has 0 saturated heterocycles. The van der Waals surface area contributed by atoms with Gasteiger partial charge in [-0.05, 0) is 40.2 Å². The van der Waals surface area contributed by atoms with Crippen LogP contribution in [0.15, 0.2) is 23.3 Å². The molecule has 0 bridgehead atoms. The molecule has 25 heavy (non-hydrogen) atoms. The van der Waals surface area contributed by atoms with Gasteiger partial charge in [-0.3, -0.25) is 9.79 Å². The third kappa shape index (κ3) is 10.8. The van der Waals surface area contributed by atoms with Crippen LogP contribution in [0.2, 0.25) is 0 Å². The molecule has 1 aromatic rings. The fourth-order valence-electron chi connectivity index (χ4n) is 1.86. The molecule has 0 aliphatic rings. The number of nitrogens with one attached hydrogen (secondary N) is 3. The molecule has 0 unspecified atom stereocenters.